The zero-order valence-corrected chi connectivity index (χ0v) is 30.1. The fraction of sp³-hybridized carbons (Fsp3) is 0.886. The molecule has 270 valence electrons. The molecule has 0 radical (unpaired) electrons. The van der Waals surface area contributed by atoms with E-state index in [-0.39, 0.29) is 18.0 Å². The summed E-state index contributed by atoms with van der Waals surface area (Å²) in [7, 11) is 0. The van der Waals surface area contributed by atoms with Gasteiger partial charge >= 0.3 is 0 Å². The molecule has 4 aliphatic carbocycles. The molecule has 0 bridgehead atoms. The molecular weight excluding hydrogens is 576 g/mol. The Morgan fingerprint density at radius 2 is 1.39 bits per heavy atom. The van der Waals surface area contributed by atoms with E-state index < -0.39 is 0 Å². The van der Waals surface area contributed by atoms with Gasteiger partial charge in [-0.05, 0) is 97.7 Å². The van der Waals surface area contributed by atoms with E-state index in [2.05, 4.69) is 68.5 Å². The van der Waals surface area contributed by atoms with E-state index in [0.29, 0.717) is 30.5 Å². The fourth-order valence-electron chi connectivity index (χ4n) is 9.55. The number of fused-ring (bicyclic) bond motifs is 5. The number of allylic oxidation sites excluding steroid dienone is 1. The predicted molar refractivity (Wildman–Crippen MR) is 195 cm³/mol. The number of nitrogens with two attached hydrogens (primary N) is 7. The first kappa shape index (κ1) is 42.1. The Balaban J connectivity index is 0.000000486. The van der Waals surface area contributed by atoms with Crippen molar-refractivity contribution in [3.05, 3.63) is 11.6 Å². The van der Waals surface area contributed by atoms with E-state index in [9.17, 15) is 5.11 Å². The standard InChI is InChI=1S/C27H46O.C6H18N4.2CH5N3/c1-18(2)7-6-8-19(3)23-11-12-24-22-10-9-20-17-21(28)13-15-26(20,4)25(22)14-16-27(23,24)5;7-1-4-10(5-2-8)6-3-9;2*2-1(3)4/h9,18-19,21-25,28H,6-8,10-17H2,1-5H3;1-9H2;2*(H5,2,3,4)/t19-,21+,22+,23-,24+,25+,26+,27-;;;/m1.../s1. The number of nitrogens with zero attached hydrogens (tertiary/aromatic N) is 1. The highest BCUT2D eigenvalue weighted by molar-refractivity contribution is 5.72. The molecule has 0 unspecified atom stereocenters. The SMILES string of the molecule is CC(C)CCC[C@@H](C)[C@H]1CC[C@H]2[C@@H]3CC=C4C[C@@H](O)CC[C@]4(C)[C@H]3CC[C@]12C.N=C(N)N.N=C(N)N.NCCN(CCN)CCN. The van der Waals surface area contributed by atoms with Gasteiger partial charge in [-0.15, -0.1) is 0 Å². The van der Waals surface area contributed by atoms with Crippen molar-refractivity contribution in [3.63, 3.8) is 0 Å². The van der Waals surface area contributed by atoms with Gasteiger partial charge in [0.15, 0.2) is 11.9 Å². The molecule has 0 heterocycles. The van der Waals surface area contributed by atoms with E-state index >= 15 is 0 Å². The summed E-state index contributed by atoms with van der Waals surface area (Å²) in [5.74, 6) is 4.79. The second-order valence-corrected chi connectivity index (χ2v) is 15.3. The molecule has 0 aliphatic heterocycles. The minimum atomic E-state index is -0.333. The molecule has 3 fully saturated rings. The van der Waals surface area contributed by atoms with Crippen LogP contribution in [-0.2, 0) is 0 Å². The van der Waals surface area contributed by atoms with Gasteiger partial charge in [0.05, 0.1) is 6.10 Å². The summed E-state index contributed by atoms with van der Waals surface area (Å²) in [5.41, 5.74) is 36.6. The van der Waals surface area contributed by atoms with Crippen LogP contribution in [-0.4, -0.2) is 67.3 Å². The lowest BCUT2D eigenvalue weighted by Gasteiger charge is -2.58. The normalized spacial score (nSPS) is 31.7. The third-order valence-electron chi connectivity index (χ3n) is 11.6. The molecule has 0 spiro atoms. The van der Waals surface area contributed by atoms with Crippen LogP contribution in [0.1, 0.15) is 105 Å². The van der Waals surface area contributed by atoms with E-state index in [4.69, 9.17) is 28.0 Å². The first-order valence-corrected chi connectivity index (χ1v) is 18.0. The van der Waals surface area contributed by atoms with Crippen molar-refractivity contribution < 1.29 is 5.11 Å². The lowest BCUT2D eigenvalue weighted by Crippen LogP contribution is -2.50. The van der Waals surface area contributed by atoms with Crippen molar-refractivity contribution in [2.75, 3.05) is 39.3 Å². The third-order valence-corrected chi connectivity index (χ3v) is 11.6. The van der Waals surface area contributed by atoms with Crippen molar-refractivity contribution in [2.45, 2.75) is 111 Å². The van der Waals surface area contributed by atoms with Gasteiger partial charge in [-0.1, -0.05) is 65.5 Å². The molecule has 4 rings (SSSR count). The van der Waals surface area contributed by atoms with Gasteiger partial charge in [-0.25, -0.2) is 0 Å². The molecule has 4 aliphatic rings. The second-order valence-electron chi connectivity index (χ2n) is 15.3. The van der Waals surface area contributed by atoms with Gasteiger partial charge in [0.25, 0.3) is 0 Å². The first-order valence-electron chi connectivity index (χ1n) is 18.0. The lowest BCUT2D eigenvalue weighted by atomic mass is 9.47. The monoisotopic (exact) mass is 651 g/mol. The summed E-state index contributed by atoms with van der Waals surface area (Å²) < 4.78 is 0. The zero-order chi connectivity index (χ0) is 35.1. The van der Waals surface area contributed by atoms with Gasteiger partial charge < -0.3 is 45.2 Å². The molecule has 0 aromatic heterocycles. The average molecular weight is 651 g/mol. The summed E-state index contributed by atoms with van der Waals surface area (Å²) in [6.45, 7) is 17.3. The largest absolute Gasteiger partial charge is 0.393 e. The summed E-state index contributed by atoms with van der Waals surface area (Å²) in [6, 6.07) is 0. The van der Waals surface area contributed by atoms with Crippen LogP contribution >= 0.6 is 0 Å². The van der Waals surface area contributed by atoms with E-state index in [0.717, 1.165) is 68.0 Å². The fourth-order valence-corrected chi connectivity index (χ4v) is 9.55. The predicted octanol–water partition coefficient (Wildman–Crippen LogP) is 3.23. The van der Waals surface area contributed by atoms with Crippen LogP contribution in [0.4, 0.5) is 0 Å². The number of hydrogen-bond donors (Lipinski definition) is 10. The maximum Gasteiger partial charge on any atom is 0.183 e. The van der Waals surface area contributed by atoms with E-state index in [1.807, 2.05) is 0 Å². The zero-order valence-electron chi connectivity index (χ0n) is 30.1. The topological polar surface area (TPSA) is 253 Å². The highest BCUT2D eigenvalue weighted by Gasteiger charge is 2.59. The van der Waals surface area contributed by atoms with Gasteiger partial charge in [0, 0.05) is 39.3 Å². The van der Waals surface area contributed by atoms with Crippen LogP contribution in [0.5, 0.6) is 0 Å². The Kier molecular flexibility index (Phi) is 18.7. The van der Waals surface area contributed by atoms with Crippen molar-refractivity contribution >= 4 is 11.9 Å². The van der Waals surface area contributed by atoms with Gasteiger partial charge in [-0.2, -0.15) is 0 Å². The molecular formula is C35H74N10O. The lowest BCUT2D eigenvalue weighted by molar-refractivity contribution is -0.0573. The molecule has 0 saturated heterocycles. The van der Waals surface area contributed by atoms with Crippen molar-refractivity contribution in [3.8, 4) is 0 Å². The van der Waals surface area contributed by atoms with E-state index in [1.54, 1.807) is 5.57 Å². The van der Waals surface area contributed by atoms with Crippen LogP contribution in [0.2, 0.25) is 0 Å². The Morgan fingerprint density at radius 3 is 1.89 bits per heavy atom. The Morgan fingerprint density at radius 1 is 0.848 bits per heavy atom. The van der Waals surface area contributed by atoms with Gasteiger partial charge in [0.2, 0.25) is 0 Å². The van der Waals surface area contributed by atoms with Crippen LogP contribution in [0.25, 0.3) is 0 Å². The van der Waals surface area contributed by atoms with Crippen molar-refractivity contribution in [1.82, 2.24) is 4.90 Å². The number of rotatable bonds is 11. The Labute approximate surface area is 281 Å². The Hall–Kier alpha value is -1.92. The number of aliphatic hydroxyl groups is 1. The maximum absolute atomic E-state index is 10.2. The highest BCUT2D eigenvalue weighted by Crippen LogP contribution is 2.67. The molecule has 0 amide bonds. The van der Waals surface area contributed by atoms with Crippen molar-refractivity contribution in [1.29, 1.82) is 10.8 Å². The summed E-state index contributed by atoms with van der Waals surface area (Å²) in [5, 5.41) is 22.3. The quantitative estimate of drug-likeness (QED) is 0.0893. The molecule has 46 heavy (non-hydrogen) atoms. The van der Waals surface area contributed by atoms with Gasteiger partial charge in [-0.3, -0.25) is 15.7 Å². The smallest absolute Gasteiger partial charge is 0.183 e. The molecule has 8 atom stereocenters. The summed E-state index contributed by atoms with van der Waals surface area (Å²) in [4.78, 5) is 2.17. The van der Waals surface area contributed by atoms with Crippen LogP contribution < -0.4 is 40.1 Å². The van der Waals surface area contributed by atoms with Crippen LogP contribution in [0.15, 0.2) is 11.6 Å². The number of hydrogen-bond acceptors (Lipinski definition) is 7. The minimum Gasteiger partial charge on any atom is -0.393 e. The molecule has 11 heteroatoms. The minimum absolute atomic E-state index is 0.0766. The molecule has 0 aromatic rings. The molecule has 3 saturated carbocycles. The van der Waals surface area contributed by atoms with Gasteiger partial charge in [0.1, 0.15) is 0 Å². The Bertz CT molecular complexity index is 895. The highest BCUT2D eigenvalue weighted by atomic mass is 16.3. The molecule has 17 N–H and O–H groups in total. The third kappa shape index (κ3) is 12.6. The first-order chi connectivity index (χ1) is 21.6. The number of aliphatic hydroxyl groups excluding tert-OH is 1. The average Bonchev–Trinajstić information content (AvgIpc) is 3.31. The number of nitrogens with one attached hydrogen (secondary N) is 2. The maximum atomic E-state index is 10.2. The van der Waals surface area contributed by atoms with Crippen LogP contribution in [0, 0.1) is 57.2 Å². The second kappa shape index (κ2) is 20.4. The number of guanidine groups is 2. The molecule has 11 nitrogen and oxygen atoms in total. The van der Waals surface area contributed by atoms with Crippen molar-refractivity contribution in [2.24, 2.45) is 86.5 Å². The molecule has 0 aromatic carbocycles. The van der Waals surface area contributed by atoms with Crippen LogP contribution in [0.3, 0.4) is 0 Å². The summed E-state index contributed by atoms with van der Waals surface area (Å²) in [6.07, 6.45) is 17.2. The van der Waals surface area contributed by atoms with E-state index in [1.165, 1.54) is 57.8 Å². The summed E-state index contributed by atoms with van der Waals surface area (Å²) >= 11 is 0.